The number of carbonyl (C=O) groups excluding carboxylic acids is 1. The second-order valence-corrected chi connectivity index (χ2v) is 3.24. The minimum Gasteiger partial charge on any atom is -0.465 e. The van der Waals surface area contributed by atoms with Crippen molar-refractivity contribution < 1.29 is 13.9 Å². The molecule has 0 heterocycles. The number of esters is 1. The number of hydrogen-bond donors (Lipinski definition) is 0. The van der Waals surface area contributed by atoms with Gasteiger partial charge in [-0.05, 0) is 28.1 Å². The van der Waals surface area contributed by atoms with Gasteiger partial charge < -0.3 is 4.74 Å². The number of carbonyl (C=O) groups is 1. The van der Waals surface area contributed by atoms with E-state index < -0.39 is 11.8 Å². The Morgan fingerprint density at radius 1 is 1.64 bits per heavy atom. The summed E-state index contributed by atoms with van der Waals surface area (Å²) in [4.78, 5) is 11.2. The summed E-state index contributed by atoms with van der Waals surface area (Å²) in [7, 11) is 1.17. The third-order valence-electron chi connectivity index (χ3n) is 1.60. The average molecular weight is 258 g/mol. The van der Waals surface area contributed by atoms with Gasteiger partial charge in [0.15, 0.2) is 0 Å². The highest BCUT2D eigenvalue weighted by Crippen LogP contribution is 2.23. The summed E-state index contributed by atoms with van der Waals surface area (Å²) in [6.07, 6.45) is 0. The van der Waals surface area contributed by atoms with Crippen molar-refractivity contribution in [3.63, 3.8) is 0 Å². The van der Waals surface area contributed by atoms with Crippen LogP contribution in [-0.2, 0) is 4.74 Å². The van der Waals surface area contributed by atoms with Crippen LogP contribution in [0, 0.1) is 17.1 Å². The number of benzene rings is 1. The Balaban J connectivity index is 3.47. The summed E-state index contributed by atoms with van der Waals surface area (Å²) < 4.78 is 17.8. The Morgan fingerprint density at radius 3 is 2.79 bits per heavy atom. The van der Waals surface area contributed by atoms with E-state index in [9.17, 15) is 9.18 Å². The first kappa shape index (κ1) is 10.7. The van der Waals surface area contributed by atoms with Crippen molar-refractivity contribution >= 4 is 21.9 Å². The molecule has 0 radical (unpaired) electrons. The van der Waals surface area contributed by atoms with Crippen LogP contribution in [-0.4, -0.2) is 13.1 Å². The third kappa shape index (κ3) is 1.75. The molecule has 0 bridgehead atoms. The molecule has 0 aromatic heterocycles. The molecule has 1 aromatic rings. The highest BCUT2D eigenvalue weighted by Gasteiger charge is 2.19. The maximum absolute atomic E-state index is 13.1. The fraction of sp³-hybridized carbons (Fsp3) is 0.111. The first-order valence-electron chi connectivity index (χ1n) is 3.58. The van der Waals surface area contributed by atoms with Crippen LogP contribution in [0.3, 0.4) is 0 Å². The zero-order valence-electron chi connectivity index (χ0n) is 7.17. The zero-order chi connectivity index (χ0) is 10.7. The number of hydrogen-bond acceptors (Lipinski definition) is 3. The van der Waals surface area contributed by atoms with Gasteiger partial charge in [-0.2, -0.15) is 5.26 Å². The smallest absolute Gasteiger partial charge is 0.340 e. The average Bonchev–Trinajstić information content (AvgIpc) is 2.19. The van der Waals surface area contributed by atoms with Gasteiger partial charge in [-0.3, -0.25) is 0 Å². The van der Waals surface area contributed by atoms with Gasteiger partial charge in [0, 0.05) is 4.47 Å². The Hall–Kier alpha value is -1.41. The largest absolute Gasteiger partial charge is 0.465 e. The molecule has 5 heteroatoms. The number of nitrogens with zero attached hydrogens (tertiary/aromatic N) is 1. The van der Waals surface area contributed by atoms with Crippen LogP contribution in [0.15, 0.2) is 16.6 Å². The molecule has 0 amide bonds. The summed E-state index contributed by atoms with van der Waals surface area (Å²) in [5.41, 5.74) is -0.402. The van der Waals surface area contributed by atoms with Crippen LogP contribution in [0.1, 0.15) is 15.9 Å². The van der Waals surface area contributed by atoms with Gasteiger partial charge in [-0.15, -0.1) is 0 Å². The molecule has 0 atom stereocenters. The zero-order valence-corrected chi connectivity index (χ0v) is 8.76. The molecular weight excluding hydrogens is 253 g/mol. The Kier molecular flexibility index (Phi) is 3.20. The first-order valence-corrected chi connectivity index (χ1v) is 4.37. The number of nitriles is 1. The summed E-state index contributed by atoms with van der Waals surface area (Å²) in [6.45, 7) is 0. The molecule has 0 unspecified atom stereocenters. The molecule has 0 aliphatic carbocycles. The minimum absolute atomic E-state index is 0.0880. The van der Waals surface area contributed by atoms with E-state index in [1.807, 2.05) is 0 Å². The van der Waals surface area contributed by atoms with Gasteiger partial charge in [-0.1, -0.05) is 0 Å². The first-order chi connectivity index (χ1) is 6.61. The third-order valence-corrected chi connectivity index (χ3v) is 2.27. The second kappa shape index (κ2) is 4.20. The van der Waals surface area contributed by atoms with Gasteiger partial charge in [0.1, 0.15) is 17.4 Å². The summed E-state index contributed by atoms with van der Waals surface area (Å²) >= 11 is 3.04. The maximum atomic E-state index is 13.1. The Bertz CT molecular complexity index is 426. The van der Waals surface area contributed by atoms with E-state index in [4.69, 9.17) is 5.26 Å². The molecule has 0 aliphatic heterocycles. The predicted octanol–water partition coefficient (Wildman–Crippen LogP) is 2.25. The van der Waals surface area contributed by atoms with Gasteiger partial charge in [-0.25, -0.2) is 9.18 Å². The minimum atomic E-state index is -0.743. The highest BCUT2D eigenvalue weighted by atomic mass is 79.9. The van der Waals surface area contributed by atoms with Crippen molar-refractivity contribution in [3.05, 3.63) is 33.5 Å². The molecular formula is C9H5BrFNO2. The summed E-state index contributed by atoms with van der Waals surface area (Å²) in [5, 5.41) is 8.65. The van der Waals surface area contributed by atoms with Crippen LogP contribution in [0.4, 0.5) is 4.39 Å². The van der Waals surface area contributed by atoms with Crippen LogP contribution >= 0.6 is 15.9 Å². The Labute approximate surface area is 88.2 Å². The van der Waals surface area contributed by atoms with E-state index in [-0.39, 0.29) is 11.1 Å². The molecule has 0 spiro atoms. The predicted molar refractivity (Wildman–Crippen MR) is 50.2 cm³/mol. The molecule has 0 fully saturated rings. The molecule has 0 aliphatic rings. The van der Waals surface area contributed by atoms with Gasteiger partial charge >= 0.3 is 5.97 Å². The van der Waals surface area contributed by atoms with E-state index in [2.05, 4.69) is 20.7 Å². The molecule has 0 saturated carbocycles. The van der Waals surface area contributed by atoms with Crippen molar-refractivity contribution in [2.45, 2.75) is 0 Å². The van der Waals surface area contributed by atoms with E-state index in [0.717, 1.165) is 6.07 Å². The normalized spacial score (nSPS) is 9.29. The SMILES string of the molecule is COC(=O)c1c(Br)ccc(F)c1C#N. The monoisotopic (exact) mass is 257 g/mol. The fourth-order valence-corrected chi connectivity index (χ4v) is 1.46. The lowest BCUT2D eigenvalue weighted by molar-refractivity contribution is 0.0598. The standard InChI is InChI=1S/C9H5BrFNO2/c1-14-9(13)8-5(4-12)7(11)3-2-6(8)10/h2-3H,1H3. The fourth-order valence-electron chi connectivity index (χ4n) is 0.963. The van der Waals surface area contributed by atoms with Gasteiger partial charge in [0.2, 0.25) is 0 Å². The number of methoxy groups -OCH3 is 1. The van der Waals surface area contributed by atoms with Crippen molar-refractivity contribution in [1.29, 1.82) is 5.26 Å². The molecule has 1 aromatic carbocycles. The van der Waals surface area contributed by atoms with Crippen molar-refractivity contribution in [2.24, 2.45) is 0 Å². The van der Waals surface area contributed by atoms with Crippen LogP contribution in [0.5, 0.6) is 0 Å². The highest BCUT2D eigenvalue weighted by molar-refractivity contribution is 9.10. The van der Waals surface area contributed by atoms with E-state index >= 15 is 0 Å². The van der Waals surface area contributed by atoms with E-state index in [1.54, 1.807) is 6.07 Å². The summed E-state index contributed by atoms with van der Waals surface area (Å²) in [5.74, 6) is -1.48. The summed E-state index contributed by atoms with van der Waals surface area (Å²) in [6, 6.07) is 4.07. The lowest BCUT2D eigenvalue weighted by atomic mass is 10.1. The van der Waals surface area contributed by atoms with Crippen molar-refractivity contribution in [2.75, 3.05) is 7.11 Å². The van der Waals surface area contributed by atoms with Crippen LogP contribution < -0.4 is 0 Å². The molecule has 14 heavy (non-hydrogen) atoms. The number of halogens is 2. The van der Waals surface area contributed by atoms with Gasteiger partial charge in [0.25, 0.3) is 0 Å². The molecule has 0 saturated heterocycles. The van der Waals surface area contributed by atoms with Gasteiger partial charge in [0.05, 0.1) is 12.7 Å². The van der Waals surface area contributed by atoms with Crippen molar-refractivity contribution in [1.82, 2.24) is 0 Å². The second-order valence-electron chi connectivity index (χ2n) is 2.38. The maximum Gasteiger partial charge on any atom is 0.340 e. The molecule has 1 rings (SSSR count). The lowest BCUT2D eigenvalue weighted by Gasteiger charge is -2.04. The topological polar surface area (TPSA) is 50.1 Å². The lowest BCUT2D eigenvalue weighted by Crippen LogP contribution is -2.06. The van der Waals surface area contributed by atoms with Crippen LogP contribution in [0.2, 0.25) is 0 Å². The van der Waals surface area contributed by atoms with E-state index in [0.29, 0.717) is 4.47 Å². The number of rotatable bonds is 1. The quantitative estimate of drug-likeness (QED) is 0.726. The number of ether oxygens (including phenoxy) is 1. The van der Waals surface area contributed by atoms with Crippen molar-refractivity contribution in [3.8, 4) is 6.07 Å². The molecule has 72 valence electrons. The van der Waals surface area contributed by atoms with E-state index in [1.165, 1.54) is 13.2 Å². The molecule has 3 nitrogen and oxygen atoms in total. The molecule has 0 N–H and O–H groups in total. The van der Waals surface area contributed by atoms with Crippen LogP contribution in [0.25, 0.3) is 0 Å². The Morgan fingerprint density at radius 2 is 2.29 bits per heavy atom.